The highest BCUT2D eigenvalue weighted by atomic mass is 32.2. The number of hydrogen-bond acceptors (Lipinski definition) is 6. The van der Waals surface area contributed by atoms with Gasteiger partial charge in [0.05, 0.1) is 14.5 Å². The van der Waals surface area contributed by atoms with Gasteiger partial charge in [-0.25, -0.2) is 0 Å². The number of hydrogen-bond donors (Lipinski definition) is 1. The first-order valence-corrected chi connectivity index (χ1v) is 10.1. The summed E-state index contributed by atoms with van der Waals surface area (Å²) in [5, 5.41) is 0. The summed E-state index contributed by atoms with van der Waals surface area (Å²) in [7, 11) is 0.482. The van der Waals surface area contributed by atoms with Crippen molar-refractivity contribution in [2.45, 2.75) is 44.5 Å². The number of ether oxygens (including phenoxy) is 2. The topological polar surface area (TPSA) is 107 Å². The molecule has 0 fully saturated rings. The molecule has 1 N–H and O–H groups in total. The van der Waals surface area contributed by atoms with Crippen LogP contribution in [0.3, 0.4) is 0 Å². The lowest BCUT2D eigenvalue weighted by Crippen LogP contribution is -2.39. The maximum atomic E-state index is 12.7. The number of halogens is 3. The third-order valence-corrected chi connectivity index (χ3v) is 4.35. The van der Waals surface area contributed by atoms with Crippen LogP contribution in [0.1, 0.15) is 30.4 Å². The Morgan fingerprint density at radius 3 is 2.21 bits per heavy atom. The predicted octanol–water partition coefficient (Wildman–Crippen LogP) is 1.97. The van der Waals surface area contributed by atoms with E-state index in [1.54, 1.807) is 12.1 Å². The molecule has 0 aliphatic rings. The summed E-state index contributed by atoms with van der Waals surface area (Å²) in [4.78, 5) is 23.2. The van der Waals surface area contributed by atoms with Gasteiger partial charge < -0.3 is 9.47 Å². The molecular formula is C17H20BF3O7S. The molecule has 0 aromatic heterocycles. The Balaban J connectivity index is 2.32. The minimum atomic E-state index is -5.16. The van der Waals surface area contributed by atoms with Crippen LogP contribution >= 0.6 is 0 Å². The van der Waals surface area contributed by atoms with Crippen molar-refractivity contribution in [3.05, 3.63) is 35.4 Å². The lowest BCUT2D eigenvalue weighted by Gasteiger charge is -2.19. The van der Waals surface area contributed by atoms with E-state index in [-0.39, 0.29) is 31.8 Å². The highest BCUT2D eigenvalue weighted by molar-refractivity contribution is 7.85. The first kappa shape index (κ1) is 25.1. The number of carbonyl (C=O) groups is 2. The molecule has 1 aromatic rings. The van der Waals surface area contributed by atoms with E-state index in [1.807, 2.05) is 12.1 Å². The van der Waals surface area contributed by atoms with E-state index in [2.05, 4.69) is 4.74 Å². The Morgan fingerprint density at radius 1 is 1.10 bits per heavy atom. The quantitative estimate of drug-likeness (QED) is 0.303. The van der Waals surface area contributed by atoms with Gasteiger partial charge in [0.2, 0.25) is 6.10 Å². The molecule has 0 aliphatic carbocycles. The second kappa shape index (κ2) is 11.3. The van der Waals surface area contributed by atoms with Crippen molar-refractivity contribution in [2.24, 2.45) is 0 Å². The van der Waals surface area contributed by atoms with Crippen LogP contribution in [0.2, 0.25) is 0 Å². The van der Waals surface area contributed by atoms with Gasteiger partial charge in [-0.3, -0.25) is 14.1 Å². The fraction of sp³-hybridized carbons (Fsp3) is 0.529. The Bertz CT molecular complexity index is 779. The summed E-state index contributed by atoms with van der Waals surface area (Å²) in [5.74, 6) is -3.48. The number of Topliss-reactive ketones (excluding diaryl/α,β-unsaturated/α-hetero) is 1. The maximum Gasteiger partial charge on any atom is 0.426 e. The molecule has 1 aromatic carbocycles. The number of alkyl halides is 3. The van der Waals surface area contributed by atoms with Gasteiger partial charge in [0.1, 0.15) is 12.4 Å². The summed E-state index contributed by atoms with van der Waals surface area (Å²) in [6, 6.07) is 7.24. The molecule has 0 saturated heterocycles. The summed E-state index contributed by atoms with van der Waals surface area (Å²) in [6.07, 6.45) is -8.47. The molecule has 0 heterocycles. The number of benzene rings is 1. The average Bonchev–Trinajstić information content (AvgIpc) is 2.60. The lowest BCUT2D eigenvalue weighted by atomic mass is 9.96. The van der Waals surface area contributed by atoms with Gasteiger partial charge >= 0.3 is 12.1 Å². The van der Waals surface area contributed by atoms with Gasteiger partial charge in [-0.15, -0.1) is 0 Å². The first-order valence-electron chi connectivity index (χ1n) is 8.49. The second-order valence-corrected chi connectivity index (χ2v) is 7.67. The van der Waals surface area contributed by atoms with Gasteiger partial charge in [0, 0.05) is 12.8 Å². The molecule has 12 heteroatoms. The molecule has 1 unspecified atom stereocenters. The van der Waals surface area contributed by atoms with Gasteiger partial charge in [0.25, 0.3) is 10.1 Å². The molecule has 2 radical (unpaired) electrons. The standard InChI is InChI=1S/C17H20BF3O7S/c18-8-12-4-6-13(7-5-12)9-27-10-14(22)2-1-3-16(23)28-15(17(19,20)21)11-29(24,25)26/h4-7,15H,1-3,8-11H2,(H,24,25,26). The average molecular weight is 436 g/mol. The second-order valence-electron chi connectivity index (χ2n) is 6.17. The summed E-state index contributed by atoms with van der Waals surface area (Å²) >= 11 is 0. The van der Waals surface area contributed by atoms with Crippen molar-refractivity contribution in [1.29, 1.82) is 0 Å². The van der Waals surface area contributed by atoms with Crippen LogP contribution in [-0.4, -0.2) is 57.2 Å². The van der Waals surface area contributed by atoms with E-state index in [4.69, 9.17) is 17.1 Å². The number of rotatable bonds is 12. The van der Waals surface area contributed by atoms with Crippen LogP contribution in [0.5, 0.6) is 0 Å². The van der Waals surface area contributed by atoms with Crippen LogP contribution in [0, 0.1) is 0 Å². The molecule has 7 nitrogen and oxygen atoms in total. The van der Waals surface area contributed by atoms with Crippen molar-refractivity contribution in [1.82, 2.24) is 0 Å². The zero-order valence-corrected chi connectivity index (χ0v) is 16.2. The van der Waals surface area contributed by atoms with Crippen LogP contribution in [-0.2, 0) is 42.1 Å². The lowest BCUT2D eigenvalue weighted by molar-refractivity contribution is -0.215. The normalized spacial score (nSPS) is 13.1. The minimum absolute atomic E-state index is 0.0946. The fourth-order valence-electron chi connectivity index (χ4n) is 2.16. The first-order chi connectivity index (χ1) is 13.4. The van der Waals surface area contributed by atoms with Crippen molar-refractivity contribution < 1.29 is 45.2 Å². The minimum Gasteiger partial charge on any atom is -0.451 e. The van der Waals surface area contributed by atoms with Crippen LogP contribution < -0.4 is 0 Å². The monoisotopic (exact) mass is 436 g/mol. The Labute approximate surface area is 167 Å². The van der Waals surface area contributed by atoms with Crippen molar-refractivity contribution in [3.8, 4) is 0 Å². The molecule has 1 atom stereocenters. The molecule has 0 aliphatic heterocycles. The third-order valence-electron chi connectivity index (χ3n) is 3.63. The van der Waals surface area contributed by atoms with E-state index in [0.29, 0.717) is 6.32 Å². The molecule has 160 valence electrons. The Morgan fingerprint density at radius 2 is 1.69 bits per heavy atom. The smallest absolute Gasteiger partial charge is 0.426 e. The molecule has 29 heavy (non-hydrogen) atoms. The van der Waals surface area contributed by atoms with Crippen molar-refractivity contribution >= 4 is 29.7 Å². The van der Waals surface area contributed by atoms with E-state index in [9.17, 15) is 31.2 Å². The van der Waals surface area contributed by atoms with Gasteiger partial charge in [-0.05, 0) is 12.0 Å². The van der Waals surface area contributed by atoms with Gasteiger partial charge in [-0.1, -0.05) is 36.1 Å². The number of carbonyl (C=O) groups excluding carboxylic acids is 2. The van der Waals surface area contributed by atoms with Crippen LogP contribution in [0.15, 0.2) is 24.3 Å². The van der Waals surface area contributed by atoms with E-state index >= 15 is 0 Å². The molecule has 0 bridgehead atoms. The molecule has 1 rings (SSSR count). The Hall–Kier alpha value is -1.92. The molecular weight excluding hydrogens is 416 g/mol. The van der Waals surface area contributed by atoms with E-state index < -0.39 is 40.5 Å². The number of esters is 1. The SMILES string of the molecule is [B]Cc1ccc(COCC(=O)CCCC(=O)OC(CS(=O)(=O)O)C(F)(F)F)cc1. The molecule has 0 spiro atoms. The molecule has 0 saturated carbocycles. The van der Waals surface area contributed by atoms with Gasteiger partial charge in [-0.2, -0.15) is 21.6 Å². The van der Waals surface area contributed by atoms with Crippen molar-refractivity contribution in [3.63, 3.8) is 0 Å². The maximum absolute atomic E-state index is 12.7. The predicted molar refractivity (Wildman–Crippen MR) is 96.8 cm³/mol. The summed E-state index contributed by atoms with van der Waals surface area (Å²) in [5.41, 5.74) is 1.77. The van der Waals surface area contributed by atoms with Crippen molar-refractivity contribution in [2.75, 3.05) is 12.4 Å². The zero-order chi connectivity index (χ0) is 22.1. The van der Waals surface area contributed by atoms with Crippen LogP contribution in [0.25, 0.3) is 0 Å². The largest absolute Gasteiger partial charge is 0.451 e. The zero-order valence-electron chi connectivity index (χ0n) is 15.4. The number of ketones is 1. The highest BCUT2D eigenvalue weighted by Gasteiger charge is 2.45. The highest BCUT2D eigenvalue weighted by Crippen LogP contribution is 2.24. The molecule has 0 amide bonds. The van der Waals surface area contributed by atoms with Crippen LogP contribution in [0.4, 0.5) is 13.2 Å². The summed E-state index contributed by atoms with van der Waals surface area (Å²) < 4.78 is 77.0. The van der Waals surface area contributed by atoms with E-state index in [0.717, 1.165) is 11.1 Å². The van der Waals surface area contributed by atoms with E-state index in [1.165, 1.54) is 0 Å². The summed E-state index contributed by atoms with van der Waals surface area (Å²) in [6.45, 7) is -0.0524. The van der Waals surface area contributed by atoms with Gasteiger partial charge in [0.15, 0.2) is 5.78 Å². The third kappa shape index (κ3) is 11.0. The fourth-order valence-corrected chi connectivity index (χ4v) is 2.80. The Kier molecular flexibility index (Phi) is 9.80.